The van der Waals surface area contributed by atoms with E-state index in [0.717, 1.165) is 0 Å². The van der Waals surface area contributed by atoms with Gasteiger partial charge < -0.3 is 0 Å². The third-order valence-electron chi connectivity index (χ3n) is 2.46. The van der Waals surface area contributed by atoms with Crippen molar-refractivity contribution in [2.24, 2.45) is 0 Å². The number of halogens is 10. The Labute approximate surface area is 142 Å². The van der Waals surface area contributed by atoms with Crippen LogP contribution in [0.25, 0.3) is 11.0 Å². The van der Waals surface area contributed by atoms with Crippen LogP contribution in [0, 0.1) is 0 Å². The van der Waals surface area contributed by atoms with Crippen LogP contribution in [0.5, 0.6) is 0 Å². The highest BCUT2D eigenvalue weighted by Gasteiger charge is 2.41. The molecule has 2 rings (SSSR count). The largest absolute Gasteiger partial charge is 0.450 e. The van der Waals surface area contributed by atoms with Gasteiger partial charge in [-0.25, -0.2) is 4.98 Å². The highest BCUT2D eigenvalue weighted by atomic mass is 35.5. The fourth-order valence-corrected chi connectivity index (χ4v) is 3.03. The molecule has 0 fully saturated rings. The fourth-order valence-electron chi connectivity index (χ4n) is 1.67. The summed E-state index contributed by atoms with van der Waals surface area (Å²) in [6.45, 7) is 0. The predicted octanol–water partition coefficient (Wildman–Crippen LogP) is 6.28. The van der Waals surface area contributed by atoms with Crippen LogP contribution < -0.4 is 0 Å². The number of rotatable bonds is 2. The van der Waals surface area contributed by atoms with Gasteiger partial charge in [-0.05, 0) is 12.1 Å². The first-order valence-corrected chi connectivity index (χ1v) is 7.23. The molecule has 128 valence electrons. The van der Waals surface area contributed by atoms with Crippen molar-refractivity contribution in [2.45, 2.75) is 16.3 Å². The van der Waals surface area contributed by atoms with Crippen molar-refractivity contribution in [1.82, 2.24) is 8.96 Å². The van der Waals surface area contributed by atoms with Crippen LogP contribution in [0.3, 0.4) is 0 Å². The zero-order valence-electron chi connectivity index (χ0n) is 10.2. The molecule has 0 radical (unpaired) electrons. The third kappa shape index (κ3) is 4.09. The van der Waals surface area contributed by atoms with Crippen molar-refractivity contribution in [2.75, 3.05) is 0 Å². The maximum absolute atomic E-state index is 13.3. The smallest absolute Gasteiger partial charge is 0.257 e. The van der Waals surface area contributed by atoms with Crippen LogP contribution in [-0.2, 0) is 12.4 Å². The maximum atomic E-state index is 13.3. The Morgan fingerprint density at radius 3 is 1.96 bits per heavy atom. The van der Waals surface area contributed by atoms with Crippen LogP contribution in [0.4, 0.5) is 30.7 Å². The van der Waals surface area contributed by atoms with Crippen molar-refractivity contribution in [3.8, 4) is 0 Å². The van der Waals surface area contributed by atoms with Gasteiger partial charge in [0.05, 0.1) is 21.6 Å². The SMILES string of the molecule is FC(Cl)(Cl)Sn1c(C(F)(F)F)nc2cc(C(F)(F)F)c(Cl)cc21. The van der Waals surface area contributed by atoms with Crippen LogP contribution >= 0.6 is 46.8 Å². The lowest BCUT2D eigenvalue weighted by Crippen LogP contribution is -2.14. The minimum atomic E-state index is -5.09. The quantitative estimate of drug-likeness (QED) is 0.419. The molecular formula is C10H2Cl3F7N2S. The lowest BCUT2D eigenvalue weighted by atomic mass is 10.2. The topological polar surface area (TPSA) is 17.8 Å². The van der Waals surface area contributed by atoms with Crippen molar-refractivity contribution < 1.29 is 30.7 Å². The Kier molecular flexibility index (Phi) is 4.69. The molecule has 0 unspecified atom stereocenters. The molecule has 1 aromatic carbocycles. The first-order valence-electron chi connectivity index (χ1n) is 5.33. The molecule has 23 heavy (non-hydrogen) atoms. The van der Waals surface area contributed by atoms with E-state index in [2.05, 4.69) is 4.98 Å². The standard InChI is InChI=1S/C10H2Cl3F7N2S/c11-4-2-6-5(1-3(4)8(14,15)16)21-7(9(17,18)19)22(6)23-10(12,13)20/h1-2H. The molecule has 13 heteroatoms. The summed E-state index contributed by atoms with van der Waals surface area (Å²) in [6, 6.07) is 0.904. The molecule has 1 heterocycles. The third-order valence-corrected chi connectivity index (χ3v) is 3.94. The molecule has 0 atom stereocenters. The van der Waals surface area contributed by atoms with E-state index < -0.39 is 43.7 Å². The highest BCUT2D eigenvalue weighted by Crippen LogP contribution is 2.44. The van der Waals surface area contributed by atoms with Gasteiger partial charge in [0.1, 0.15) is 0 Å². The summed E-state index contributed by atoms with van der Waals surface area (Å²) in [6.07, 6.45) is -9.99. The predicted molar refractivity (Wildman–Crippen MR) is 73.3 cm³/mol. The second-order valence-corrected chi connectivity index (χ2v) is 7.28. The fraction of sp³-hybridized carbons (Fsp3) is 0.300. The molecule has 0 aliphatic heterocycles. The number of nitrogens with zero attached hydrogens (tertiary/aromatic N) is 2. The van der Waals surface area contributed by atoms with Gasteiger partial charge in [-0.3, -0.25) is 3.97 Å². The first-order chi connectivity index (χ1) is 10.2. The molecule has 2 nitrogen and oxygen atoms in total. The second-order valence-electron chi connectivity index (χ2n) is 4.08. The lowest BCUT2D eigenvalue weighted by molar-refractivity contribution is -0.144. The molecule has 0 saturated carbocycles. The summed E-state index contributed by atoms with van der Waals surface area (Å²) < 4.78 is 87.3. The molecule has 0 aliphatic carbocycles. The minimum Gasteiger partial charge on any atom is -0.257 e. The summed E-state index contributed by atoms with van der Waals surface area (Å²) in [5.74, 6) is -1.68. The Bertz CT molecular complexity index is 748. The zero-order chi connectivity index (χ0) is 17.8. The first kappa shape index (κ1) is 18.8. The van der Waals surface area contributed by atoms with Crippen molar-refractivity contribution in [3.63, 3.8) is 0 Å². The minimum absolute atomic E-state index is 0.140. The van der Waals surface area contributed by atoms with E-state index in [1.54, 1.807) is 0 Å². The molecule has 1 aromatic heterocycles. The zero-order valence-corrected chi connectivity index (χ0v) is 13.3. The van der Waals surface area contributed by atoms with Crippen molar-refractivity contribution in [1.29, 1.82) is 0 Å². The van der Waals surface area contributed by atoms with Crippen LogP contribution in [0.2, 0.25) is 5.02 Å². The lowest BCUT2D eigenvalue weighted by Gasteiger charge is -2.14. The molecule has 0 aliphatic rings. The van der Waals surface area contributed by atoms with Crippen LogP contribution in [0.1, 0.15) is 11.4 Å². The van der Waals surface area contributed by atoms with Crippen molar-refractivity contribution >= 4 is 57.8 Å². The average molecular weight is 422 g/mol. The molecule has 0 N–H and O–H groups in total. The van der Waals surface area contributed by atoms with Gasteiger partial charge in [0, 0.05) is 11.9 Å². The van der Waals surface area contributed by atoms with Gasteiger partial charge in [-0.15, -0.1) is 0 Å². The van der Waals surface area contributed by atoms with E-state index in [9.17, 15) is 30.7 Å². The number of fused-ring (bicyclic) bond motifs is 1. The van der Waals surface area contributed by atoms with Crippen LogP contribution in [-0.4, -0.2) is 12.9 Å². The monoisotopic (exact) mass is 420 g/mol. The summed E-state index contributed by atoms with van der Waals surface area (Å²) >= 11 is 15.2. The number of aromatic nitrogens is 2. The van der Waals surface area contributed by atoms with E-state index >= 15 is 0 Å². The van der Waals surface area contributed by atoms with Gasteiger partial charge in [0.2, 0.25) is 5.82 Å². The maximum Gasteiger partial charge on any atom is 0.450 e. The summed E-state index contributed by atoms with van der Waals surface area (Å²) in [7, 11) is 0. The molecule has 2 aromatic rings. The van der Waals surface area contributed by atoms with Gasteiger partial charge in [0.25, 0.3) is 0 Å². The van der Waals surface area contributed by atoms with Gasteiger partial charge in [-0.1, -0.05) is 34.8 Å². The Morgan fingerprint density at radius 1 is 0.957 bits per heavy atom. The van der Waals surface area contributed by atoms with Gasteiger partial charge in [-0.2, -0.15) is 30.7 Å². The van der Waals surface area contributed by atoms with E-state index in [1.165, 1.54) is 0 Å². The Balaban J connectivity index is 2.78. The number of alkyl halides is 9. The number of hydrogen-bond donors (Lipinski definition) is 0. The number of imidazole rings is 1. The number of hydrogen-bond acceptors (Lipinski definition) is 2. The summed E-state index contributed by atoms with van der Waals surface area (Å²) in [4.78, 5) is 3.06. The van der Waals surface area contributed by atoms with E-state index in [1.807, 2.05) is 0 Å². The number of benzene rings is 1. The average Bonchev–Trinajstić information content (AvgIpc) is 2.63. The normalized spacial score (nSPS) is 13.8. The van der Waals surface area contributed by atoms with E-state index in [-0.39, 0.29) is 15.9 Å². The van der Waals surface area contributed by atoms with Crippen molar-refractivity contribution in [3.05, 3.63) is 28.5 Å². The molecule has 0 spiro atoms. The van der Waals surface area contributed by atoms with E-state index in [4.69, 9.17) is 34.8 Å². The molecule has 0 amide bonds. The van der Waals surface area contributed by atoms with Gasteiger partial charge in [0.15, 0.2) is 0 Å². The Morgan fingerprint density at radius 2 is 1.52 bits per heavy atom. The molecule has 0 saturated heterocycles. The summed E-state index contributed by atoms with van der Waals surface area (Å²) in [5.41, 5.74) is -2.60. The second kappa shape index (κ2) is 5.75. The highest BCUT2D eigenvalue weighted by molar-refractivity contribution is 8.01. The van der Waals surface area contributed by atoms with Crippen LogP contribution in [0.15, 0.2) is 12.1 Å². The summed E-state index contributed by atoms with van der Waals surface area (Å²) in [5, 5.41) is -0.880. The van der Waals surface area contributed by atoms with Gasteiger partial charge >= 0.3 is 16.3 Å². The molecular weight excluding hydrogens is 420 g/mol. The molecule has 0 bridgehead atoms. The van der Waals surface area contributed by atoms with E-state index in [0.29, 0.717) is 12.1 Å². The Hall–Kier alpha value is -0.580.